The average molecular weight is 379 g/mol. The highest BCUT2D eigenvalue weighted by Gasteiger charge is 2.20. The summed E-state index contributed by atoms with van der Waals surface area (Å²) in [5, 5.41) is 3.05. The molecule has 2 aromatic rings. The van der Waals surface area contributed by atoms with Crippen molar-refractivity contribution < 1.29 is 9.59 Å². The van der Waals surface area contributed by atoms with Gasteiger partial charge in [0.1, 0.15) is 0 Å². The average Bonchev–Trinajstić information content (AvgIpc) is 2.77. The van der Waals surface area contributed by atoms with E-state index in [1.54, 1.807) is 0 Å². The molecule has 0 atom stereocenters. The van der Waals surface area contributed by atoms with Crippen LogP contribution in [0.2, 0.25) is 0 Å². The first kappa shape index (κ1) is 20.1. The Labute approximate surface area is 167 Å². The van der Waals surface area contributed by atoms with Gasteiger partial charge < -0.3 is 10.2 Å². The second kappa shape index (κ2) is 10.1. The largest absolute Gasteiger partial charge is 0.352 e. The molecule has 4 heteroatoms. The van der Waals surface area contributed by atoms with Crippen LogP contribution < -0.4 is 5.32 Å². The lowest BCUT2D eigenvalue weighted by atomic mass is 9.88. The summed E-state index contributed by atoms with van der Waals surface area (Å²) in [6.07, 6.45) is 5.58. The lowest BCUT2D eigenvalue weighted by Crippen LogP contribution is -2.31. The van der Waals surface area contributed by atoms with Gasteiger partial charge in [0.2, 0.25) is 5.91 Å². The number of amides is 2. The standard InChI is InChI=1S/C24H30N2O2/c1-2-26(18-20-9-5-3-6-10-20)24(28)22-15-13-19(14-16-22)17-25-23(27)21-11-7-4-8-12-21/h3,5-6,9-10,13-16,21H,2,4,7-8,11-12,17-18H2,1H3,(H,25,27). The topological polar surface area (TPSA) is 49.4 Å². The number of nitrogens with zero attached hydrogens (tertiary/aromatic N) is 1. The van der Waals surface area contributed by atoms with Gasteiger partial charge in [0.05, 0.1) is 0 Å². The minimum absolute atomic E-state index is 0.0316. The van der Waals surface area contributed by atoms with Crippen molar-refractivity contribution in [1.82, 2.24) is 10.2 Å². The third-order valence-corrected chi connectivity index (χ3v) is 5.53. The van der Waals surface area contributed by atoms with Crippen LogP contribution in [0, 0.1) is 5.92 Å². The molecule has 0 radical (unpaired) electrons. The summed E-state index contributed by atoms with van der Waals surface area (Å²) in [5.41, 5.74) is 2.83. The zero-order chi connectivity index (χ0) is 19.8. The molecule has 3 rings (SSSR count). The van der Waals surface area contributed by atoms with Crippen molar-refractivity contribution in [2.75, 3.05) is 6.54 Å². The van der Waals surface area contributed by atoms with E-state index in [9.17, 15) is 9.59 Å². The Hall–Kier alpha value is -2.62. The fourth-order valence-corrected chi connectivity index (χ4v) is 3.78. The van der Waals surface area contributed by atoms with E-state index in [2.05, 4.69) is 5.32 Å². The maximum atomic E-state index is 12.8. The zero-order valence-corrected chi connectivity index (χ0v) is 16.7. The van der Waals surface area contributed by atoms with E-state index < -0.39 is 0 Å². The van der Waals surface area contributed by atoms with Crippen molar-refractivity contribution in [2.45, 2.75) is 52.1 Å². The molecule has 0 saturated heterocycles. The summed E-state index contributed by atoms with van der Waals surface area (Å²) in [5.74, 6) is 0.370. The van der Waals surface area contributed by atoms with Gasteiger partial charge in [0, 0.05) is 31.1 Å². The van der Waals surface area contributed by atoms with Gasteiger partial charge in [-0.2, -0.15) is 0 Å². The molecule has 1 aliphatic rings. The first-order valence-electron chi connectivity index (χ1n) is 10.4. The molecule has 1 saturated carbocycles. The second-order valence-corrected chi connectivity index (χ2v) is 7.55. The third-order valence-electron chi connectivity index (χ3n) is 5.53. The molecular weight excluding hydrogens is 348 g/mol. The molecule has 0 bridgehead atoms. The van der Waals surface area contributed by atoms with E-state index in [1.807, 2.05) is 66.4 Å². The van der Waals surface area contributed by atoms with Gasteiger partial charge in [-0.3, -0.25) is 9.59 Å². The summed E-state index contributed by atoms with van der Waals surface area (Å²) < 4.78 is 0. The molecule has 2 amide bonds. The Bertz CT molecular complexity index is 765. The SMILES string of the molecule is CCN(Cc1ccccc1)C(=O)c1ccc(CNC(=O)C2CCCCC2)cc1. The van der Waals surface area contributed by atoms with Gasteiger partial charge in [-0.15, -0.1) is 0 Å². The van der Waals surface area contributed by atoms with Gasteiger partial charge in [0.25, 0.3) is 5.91 Å². The van der Waals surface area contributed by atoms with E-state index in [0.29, 0.717) is 25.2 Å². The summed E-state index contributed by atoms with van der Waals surface area (Å²) >= 11 is 0. The molecule has 4 nitrogen and oxygen atoms in total. The Balaban J connectivity index is 1.55. The molecule has 2 aromatic carbocycles. The lowest BCUT2D eigenvalue weighted by Gasteiger charge is -2.21. The monoisotopic (exact) mass is 378 g/mol. The quantitative estimate of drug-likeness (QED) is 0.769. The summed E-state index contributed by atoms with van der Waals surface area (Å²) in [4.78, 5) is 26.9. The molecular formula is C24H30N2O2. The van der Waals surface area contributed by atoms with Crippen LogP contribution in [0.25, 0.3) is 0 Å². The number of hydrogen-bond acceptors (Lipinski definition) is 2. The predicted molar refractivity (Wildman–Crippen MR) is 112 cm³/mol. The molecule has 0 unspecified atom stereocenters. The van der Waals surface area contributed by atoms with Crippen molar-refractivity contribution >= 4 is 11.8 Å². The molecule has 1 fully saturated rings. The smallest absolute Gasteiger partial charge is 0.254 e. The van der Waals surface area contributed by atoms with Crippen molar-refractivity contribution in [3.8, 4) is 0 Å². The molecule has 148 valence electrons. The Morgan fingerprint density at radius 3 is 2.25 bits per heavy atom. The Morgan fingerprint density at radius 1 is 0.929 bits per heavy atom. The van der Waals surface area contributed by atoms with Crippen LogP contribution in [-0.2, 0) is 17.9 Å². The fourth-order valence-electron chi connectivity index (χ4n) is 3.78. The normalized spacial score (nSPS) is 14.5. The molecule has 0 aliphatic heterocycles. The van der Waals surface area contributed by atoms with Gasteiger partial charge in [-0.25, -0.2) is 0 Å². The number of nitrogens with one attached hydrogen (secondary N) is 1. The molecule has 0 aromatic heterocycles. The highest BCUT2D eigenvalue weighted by molar-refractivity contribution is 5.94. The predicted octanol–water partition coefficient (Wildman–Crippen LogP) is 4.55. The zero-order valence-electron chi connectivity index (χ0n) is 16.7. The van der Waals surface area contributed by atoms with E-state index in [1.165, 1.54) is 6.42 Å². The number of carbonyl (C=O) groups excluding carboxylic acids is 2. The van der Waals surface area contributed by atoms with Crippen LogP contribution in [-0.4, -0.2) is 23.3 Å². The number of rotatable bonds is 7. The first-order valence-corrected chi connectivity index (χ1v) is 10.4. The molecule has 1 aliphatic carbocycles. The second-order valence-electron chi connectivity index (χ2n) is 7.55. The summed E-state index contributed by atoms with van der Waals surface area (Å²) in [6, 6.07) is 17.6. The maximum Gasteiger partial charge on any atom is 0.254 e. The van der Waals surface area contributed by atoms with E-state index in [-0.39, 0.29) is 17.7 Å². The van der Waals surface area contributed by atoms with Crippen molar-refractivity contribution in [2.24, 2.45) is 5.92 Å². The van der Waals surface area contributed by atoms with Crippen molar-refractivity contribution in [3.05, 3.63) is 71.3 Å². The third kappa shape index (κ3) is 5.44. The van der Waals surface area contributed by atoms with Gasteiger partial charge >= 0.3 is 0 Å². The van der Waals surface area contributed by atoms with Gasteiger partial charge in [-0.1, -0.05) is 61.7 Å². The van der Waals surface area contributed by atoms with Gasteiger partial charge in [-0.05, 0) is 43.0 Å². The number of carbonyl (C=O) groups is 2. The first-order chi connectivity index (χ1) is 13.7. The number of hydrogen-bond donors (Lipinski definition) is 1. The maximum absolute atomic E-state index is 12.8. The summed E-state index contributed by atoms with van der Waals surface area (Å²) in [6.45, 7) is 3.78. The van der Waals surface area contributed by atoms with E-state index in [0.717, 1.165) is 36.8 Å². The van der Waals surface area contributed by atoms with Crippen molar-refractivity contribution in [3.63, 3.8) is 0 Å². The molecule has 0 heterocycles. The van der Waals surface area contributed by atoms with Crippen LogP contribution in [0.5, 0.6) is 0 Å². The van der Waals surface area contributed by atoms with Crippen LogP contribution in [0.4, 0.5) is 0 Å². The fraction of sp³-hybridized carbons (Fsp3) is 0.417. The highest BCUT2D eigenvalue weighted by atomic mass is 16.2. The molecule has 28 heavy (non-hydrogen) atoms. The van der Waals surface area contributed by atoms with E-state index in [4.69, 9.17) is 0 Å². The Morgan fingerprint density at radius 2 is 1.61 bits per heavy atom. The van der Waals surface area contributed by atoms with Crippen LogP contribution in [0.15, 0.2) is 54.6 Å². The van der Waals surface area contributed by atoms with Crippen LogP contribution in [0.3, 0.4) is 0 Å². The van der Waals surface area contributed by atoms with E-state index >= 15 is 0 Å². The molecule has 0 spiro atoms. The molecule has 1 N–H and O–H groups in total. The minimum Gasteiger partial charge on any atom is -0.352 e. The Kier molecular flexibility index (Phi) is 7.24. The lowest BCUT2D eigenvalue weighted by molar-refractivity contribution is -0.126. The van der Waals surface area contributed by atoms with Crippen LogP contribution >= 0.6 is 0 Å². The number of benzene rings is 2. The highest BCUT2D eigenvalue weighted by Crippen LogP contribution is 2.23. The minimum atomic E-state index is 0.0316. The summed E-state index contributed by atoms with van der Waals surface area (Å²) in [7, 11) is 0. The van der Waals surface area contributed by atoms with Crippen LogP contribution in [0.1, 0.15) is 60.5 Å². The van der Waals surface area contributed by atoms with Gasteiger partial charge in [0.15, 0.2) is 0 Å². The van der Waals surface area contributed by atoms with Crippen molar-refractivity contribution in [1.29, 1.82) is 0 Å².